The van der Waals surface area contributed by atoms with Gasteiger partial charge in [0.25, 0.3) is 5.69 Å². The number of anilines is 1. The zero-order valence-corrected chi connectivity index (χ0v) is 23.4. The molecule has 0 saturated carbocycles. The molecular weight excluding hydrogens is 558 g/mol. The number of carbonyl (C=O) groups excluding carboxylic acids is 1. The maximum absolute atomic E-state index is 13.6. The molecule has 1 aliphatic heterocycles. The SMILES string of the molecule is COC(=O)c1ccc(Cn2c3cccc([N+](=O)[O-])c3c3ncnc(N4CCN(CCc5ccc(F)c(F)c5)CC4)c32)cc1. The van der Waals surface area contributed by atoms with Gasteiger partial charge >= 0.3 is 5.97 Å². The Morgan fingerprint density at radius 3 is 2.42 bits per heavy atom. The van der Waals surface area contributed by atoms with Crippen LogP contribution < -0.4 is 4.90 Å². The predicted octanol–water partition coefficient (Wildman–Crippen LogP) is 4.97. The average Bonchev–Trinajstić information content (AvgIpc) is 3.35. The zero-order chi connectivity index (χ0) is 30.1. The molecule has 0 radical (unpaired) electrons. The molecule has 6 rings (SSSR count). The van der Waals surface area contributed by atoms with Gasteiger partial charge in [-0.15, -0.1) is 0 Å². The van der Waals surface area contributed by atoms with E-state index in [0.717, 1.165) is 30.3 Å². The minimum atomic E-state index is -0.852. The second-order valence-corrected chi connectivity index (χ2v) is 10.4. The second-order valence-electron chi connectivity index (χ2n) is 10.4. The van der Waals surface area contributed by atoms with E-state index in [9.17, 15) is 23.7 Å². The van der Waals surface area contributed by atoms with E-state index in [-0.39, 0.29) is 5.69 Å². The Morgan fingerprint density at radius 2 is 1.72 bits per heavy atom. The monoisotopic (exact) mass is 586 g/mol. The van der Waals surface area contributed by atoms with Crippen molar-refractivity contribution in [3.05, 3.63) is 105 Å². The third kappa shape index (κ3) is 5.48. The number of nitro benzene ring substituents is 1. The molecule has 0 atom stereocenters. The second kappa shape index (κ2) is 11.7. The molecule has 2 aromatic heterocycles. The highest BCUT2D eigenvalue weighted by atomic mass is 19.2. The fourth-order valence-corrected chi connectivity index (χ4v) is 5.68. The summed E-state index contributed by atoms with van der Waals surface area (Å²) in [6.45, 7) is 3.83. The topological polar surface area (TPSA) is 107 Å². The van der Waals surface area contributed by atoms with Crippen LogP contribution in [0, 0.1) is 21.7 Å². The number of fused-ring (bicyclic) bond motifs is 3. The maximum Gasteiger partial charge on any atom is 0.337 e. The van der Waals surface area contributed by atoms with Crippen LogP contribution in [0.2, 0.25) is 0 Å². The summed E-state index contributed by atoms with van der Waals surface area (Å²) in [7, 11) is 1.33. The van der Waals surface area contributed by atoms with Crippen molar-refractivity contribution >= 4 is 39.4 Å². The van der Waals surface area contributed by atoms with Gasteiger partial charge in [0, 0.05) is 45.3 Å². The number of methoxy groups -OCH3 is 1. The highest BCUT2D eigenvalue weighted by Crippen LogP contribution is 2.38. The molecule has 1 fully saturated rings. The van der Waals surface area contributed by atoms with Gasteiger partial charge in [-0.25, -0.2) is 23.5 Å². The fraction of sp³-hybridized carbons (Fsp3) is 0.258. The van der Waals surface area contributed by atoms with Crippen LogP contribution in [0.3, 0.4) is 0 Å². The first-order valence-corrected chi connectivity index (χ1v) is 13.8. The molecule has 0 N–H and O–H groups in total. The largest absolute Gasteiger partial charge is 0.465 e. The minimum Gasteiger partial charge on any atom is -0.465 e. The number of ether oxygens (including phenoxy) is 1. The number of aromatic nitrogens is 3. The maximum atomic E-state index is 13.6. The Hall–Kier alpha value is -4.97. The minimum absolute atomic E-state index is 0.0333. The lowest BCUT2D eigenvalue weighted by Gasteiger charge is -2.35. The first kappa shape index (κ1) is 28.2. The number of piperazine rings is 1. The van der Waals surface area contributed by atoms with Gasteiger partial charge in [0.05, 0.1) is 23.1 Å². The molecule has 3 aromatic carbocycles. The number of carbonyl (C=O) groups is 1. The van der Waals surface area contributed by atoms with Crippen molar-refractivity contribution in [3.8, 4) is 0 Å². The van der Waals surface area contributed by atoms with E-state index in [4.69, 9.17) is 4.74 Å². The van der Waals surface area contributed by atoms with Crippen LogP contribution in [0.25, 0.3) is 21.9 Å². The molecule has 1 saturated heterocycles. The Bertz CT molecular complexity index is 1830. The van der Waals surface area contributed by atoms with Gasteiger partial charge < -0.3 is 14.2 Å². The molecule has 12 heteroatoms. The van der Waals surface area contributed by atoms with Gasteiger partial charge in [0.15, 0.2) is 17.5 Å². The summed E-state index contributed by atoms with van der Waals surface area (Å²) < 4.78 is 33.7. The molecule has 0 bridgehead atoms. The van der Waals surface area contributed by atoms with E-state index >= 15 is 0 Å². The summed E-state index contributed by atoms with van der Waals surface area (Å²) in [6, 6.07) is 16.0. The van der Waals surface area contributed by atoms with E-state index in [0.29, 0.717) is 65.9 Å². The first-order valence-electron chi connectivity index (χ1n) is 13.8. The van der Waals surface area contributed by atoms with E-state index in [1.807, 2.05) is 22.8 Å². The lowest BCUT2D eigenvalue weighted by Crippen LogP contribution is -2.47. The van der Waals surface area contributed by atoms with Crippen molar-refractivity contribution in [1.29, 1.82) is 0 Å². The van der Waals surface area contributed by atoms with Crippen molar-refractivity contribution < 1.29 is 23.2 Å². The van der Waals surface area contributed by atoms with Crippen LogP contribution in [0.5, 0.6) is 0 Å². The molecule has 5 aromatic rings. The summed E-state index contributed by atoms with van der Waals surface area (Å²) in [4.78, 5) is 37.2. The number of halogens is 2. The molecule has 0 unspecified atom stereocenters. The molecule has 1 aliphatic rings. The number of nitro groups is 1. The third-order valence-electron chi connectivity index (χ3n) is 7.91. The molecule has 0 spiro atoms. The number of non-ortho nitro benzene ring substituents is 1. The van der Waals surface area contributed by atoms with Crippen molar-refractivity contribution in [2.75, 3.05) is 44.7 Å². The number of benzene rings is 3. The Balaban J connectivity index is 1.32. The zero-order valence-electron chi connectivity index (χ0n) is 23.4. The smallest absolute Gasteiger partial charge is 0.337 e. The van der Waals surface area contributed by atoms with Gasteiger partial charge in [-0.05, 0) is 47.9 Å². The standard InChI is InChI=1S/C31H28F2N6O4/c1-43-31(40)22-8-5-21(6-9-22)18-38-25-3-2-4-26(39(41)42)27(25)28-29(38)30(35-19-34-28)37-15-13-36(14-16-37)12-11-20-7-10-23(32)24(33)17-20/h2-10,17,19H,11-16,18H2,1H3. The number of hydrogen-bond acceptors (Lipinski definition) is 8. The molecule has 0 aliphatic carbocycles. The van der Waals surface area contributed by atoms with Gasteiger partial charge in [-0.2, -0.15) is 0 Å². The Labute approximate surface area is 245 Å². The van der Waals surface area contributed by atoms with Crippen LogP contribution >= 0.6 is 0 Å². The van der Waals surface area contributed by atoms with Crippen molar-refractivity contribution in [2.45, 2.75) is 13.0 Å². The predicted molar refractivity (Wildman–Crippen MR) is 157 cm³/mol. The van der Waals surface area contributed by atoms with E-state index < -0.39 is 22.5 Å². The van der Waals surface area contributed by atoms with Crippen molar-refractivity contribution in [1.82, 2.24) is 19.4 Å². The van der Waals surface area contributed by atoms with E-state index in [1.54, 1.807) is 24.3 Å². The summed E-state index contributed by atoms with van der Waals surface area (Å²) in [5, 5.41) is 12.5. The summed E-state index contributed by atoms with van der Waals surface area (Å²) >= 11 is 0. The highest BCUT2D eigenvalue weighted by Gasteiger charge is 2.27. The van der Waals surface area contributed by atoms with Crippen LogP contribution in [-0.2, 0) is 17.7 Å². The molecule has 43 heavy (non-hydrogen) atoms. The first-order chi connectivity index (χ1) is 20.8. The molecular formula is C31H28F2N6O4. The Morgan fingerprint density at radius 1 is 0.977 bits per heavy atom. The summed E-state index contributed by atoms with van der Waals surface area (Å²) in [5.41, 5.74) is 3.87. The molecule has 0 amide bonds. The normalized spacial score (nSPS) is 14.0. The van der Waals surface area contributed by atoms with Gasteiger partial charge in [0.2, 0.25) is 0 Å². The number of hydrogen-bond donors (Lipinski definition) is 0. The van der Waals surface area contributed by atoms with Crippen LogP contribution in [0.1, 0.15) is 21.5 Å². The van der Waals surface area contributed by atoms with Gasteiger partial charge in [-0.3, -0.25) is 15.0 Å². The number of esters is 1. The summed E-state index contributed by atoms with van der Waals surface area (Å²) in [6.07, 6.45) is 2.04. The van der Waals surface area contributed by atoms with Gasteiger partial charge in [0.1, 0.15) is 22.7 Å². The quantitative estimate of drug-likeness (QED) is 0.143. The van der Waals surface area contributed by atoms with Crippen molar-refractivity contribution in [3.63, 3.8) is 0 Å². The number of nitrogens with zero attached hydrogens (tertiary/aromatic N) is 6. The van der Waals surface area contributed by atoms with E-state index in [1.165, 1.54) is 25.6 Å². The lowest BCUT2D eigenvalue weighted by atomic mass is 10.1. The molecule has 220 valence electrons. The lowest BCUT2D eigenvalue weighted by molar-refractivity contribution is -0.383. The third-order valence-corrected chi connectivity index (χ3v) is 7.91. The van der Waals surface area contributed by atoms with Crippen molar-refractivity contribution in [2.24, 2.45) is 0 Å². The average molecular weight is 587 g/mol. The molecule has 3 heterocycles. The highest BCUT2D eigenvalue weighted by molar-refractivity contribution is 6.13. The van der Waals surface area contributed by atoms with Crippen LogP contribution in [0.4, 0.5) is 20.3 Å². The van der Waals surface area contributed by atoms with Gasteiger partial charge in [-0.1, -0.05) is 24.3 Å². The van der Waals surface area contributed by atoms with E-state index in [2.05, 4.69) is 19.8 Å². The Kier molecular flexibility index (Phi) is 7.68. The fourth-order valence-electron chi connectivity index (χ4n) is 5.68. The van der Waals surface area contributed by atoms with Crippen LogP contribution in [-0.4, -0.2) is 70.2 Å². The summed E-state index contributed by atoms with van der Waals surface area (Å²) in [5.74, 6) is -1.44. The molecule has 10 nitrogen and oxygen atoms in total. The number of rotatable bonds is 8. The van der Waals surface area contributed by atoms with Crippen LogP contribution in [0.15, 0.2) is 67.0 Å².